The maximum absolute atomic E-state index is 5.69. The third-order valence-corrected chi connectivity index (χ3v) is 2.24. The Morgan fingerprint density at radius 2 is 1.93 bits per heavy atom. The molecular weight excluding hydrogens is 188 g/mol. The quantitative estimate of drug-likeness (QED) is 0.800. The smallest absolute Gasteiger partial charge is 0.127 e. The van der Waals surface area contributed by atoms with Crippen molar-refractivity contribution < 1.29 is 4.42 Å². The van der Waals surface area contributed by atoms with Gasteiger partial charge in [0.2, 0.25) is 0 Å². The SMILES string of the molecule is NCC(Nc1ccccc1)c1ccco1. The van der Waals surface area contributed by atoms with Crippen molar-refractivity contribution in [2.45, 2.75) is 6.04 Å². The van der Waals surface area contributed by atoms with Gasteiger partial charge in [0.15, 0.2) is 0 Å². The summed E-state index contributed by atoms with van der Waals surface area (Å²) in [6.45, 7) is 0.502. The fraction of sp³-hybridized carbons (Fsp3) is 0.167. The zero-order chi connectivity index (χ0) is 10.5. The minimum Gasteiger partial charge on any atom is -0.467 e. The van der Waals surface area contributed by atoms with Crippen LogP contribution in [0.5, 0.6) is 0 Å². The van der Waals surface area contributed by atoms with Gasteiger partial charge in [-0.25, -0.2) is 0 Å². The first-order valence-corrected chi connectivity index (χ1v) is 4.95. The summed E-state index contributed by atoms with van der Waals surface area (Å²) < 4.78 is 5.32. The Balaban J connectivity index is 2.10. The van der Waals surface area contributed by atoms with Gasteiger partial charge in [-0.05, 0) is 24.3 Å². The van der Waals surface area contributed by atoms with E-state index in [1.165, 1.54) is 0 Å². The zero-order valence-electron chi connectivity index (χ0n) is 8.39. The highest BCUT2D eigenvalue weighted by Gasteiger charge is 2.11. The van der Waals surface area contributed by atoms with Crippen molar-refractivity contribution in [3.05, 3.63) is 54.5 Å². The molecule has 1 aromatic carbocycles. The molecule has 0 radical (unpaired) electrons. The van der Waals surface area contributed by atoms with E-state index in [0.717, 1.165) is 11.4 Å². The zero-order valence-corrected chi connectivity index (χ0v) is 8.39. The molecule has 1 aromatic heterocycles. The lowest BCUT2D eigenvalue weighted by Gasteiger charge is -2.15. The third kappa shape index (κ3) is 2.39. The maximum atomic E-state index is 5.69. The first-order chi connectivity index (χ1) is 7.40. The topological polar surface area (TPSA) is 51.2 Å². The van der Waals surface area contributed by atoms with Gasteiger partial charge in [0, 0.05) is 12.2 Å². The second kappa shape index (κ2) is 4.66. The summed E-state index contributed by atoms with van der Waals surface area (Å²) in [5.41, 5.74) is 6.74. The van der Waals surface area contributed by atoms with Gasteiger partial charge in [0.05, 0.1) is 12.3 Å². The Bertz CT molecular complexity index is 383. The standard InChI is InChI=1S/C12H14N2O/c13-9-11(12-7-4-8-15-12)14-10-5-2-1-3-6-10/h1-8,11,14H,9,13H2. The van der Waals surface area contributed by atoms with Crippen LogP contribution in [0.3, 0.4) is 0 Å². The van der Waals surface area contributed by atoms with Crippen molar-refractivity contribution in [2.24, 2.45) is 5.73 Å². The number of rotatable bonds is 4. The minimum absolute atomic E-state index is 0.0300. The molecule has 0 aliphatic heterocycles. The second-order valence-corrected chi connectivity index (χ2v) is 3.31. The van der Waals surface area contributed by atoms with E-state index in [0.29, 0.717) is 6.54 Å². The summed E-state index contributed by atoms with van der Waals surface area (Å²) >= 11 is 0. The van der Waals surface area contributed by atoms with Crippen molar-refractivity contribution in [2.75, 3.05) is 11.9 Å². The number of hydrogen-bond donors (Lipinski definition) is 2. The van der Waals surface area contributed by atoms with E-state index in [4.69, 9.17) is 10.2 Å². The molecule has 1 atom stereocenters. The molecular formula is C12H14N2O. The lowest BCUT2D eigenvalue weighted by atomic mass is 10.2. The summed E-state index contributed by atoms with van der Waals surface area (Å²) in [4.78, 5) is 0. The average Bonchev–Trinajstić information content (AvgIpc) is 2.81. The number of nitrogens with two attached hydrogens (primary N) is 1. The molecule has 0 fully saturated rings. The lowest BCUT2D eigenvalue weighted by Crippen LogP contribution is -2.19. The molecule has 0 aliphatic carbocycles. The minimum atomic E-state index is 0.0300. The number of anilines is 1. The predicted octanol–water partition coefficient (Wildman–Crippen LogP) is 2.39. The summed E-state index contributed by atoms with van der Waals surface area (Å²) in [5.74, 6) is 0.862. The van der Waals surface area contributed by atoms with Gasteiger partial charge in [-0.1, -0.05) is 18.2 Å². The molecule has 3 heteroatoms. The third-order valence-electron chi connectivity index (χ3n) is 2.24. The maximum Gasteiger partial charge on any atom is 0.127 e. The Labute approximate surface area is 88.9 Å². The van der Waals surface area contributed by atoms with E-state index in [1.807, 2.05) is 42.5 Å². The molecule has 3 nitrogen and oxygen atoms in total. The number of furan rings is 1. The predicted molar refractivity (Wildman–Crippen MR) is 60.6 cm³/mol. The monoisotopic (exact) mass is 202 g/mol. The Morgan fingerprint density at radius 1 is 1.13 bits per heavy atom. The van der Waals surface area contributed by atoms with Crippen LogP contribution in [0.25, 0.3) is 0 Å². The van der Waals surface area contributed by atoms with Crippen LogP contribution in [-0.4, -0.2) is 6.54 Å². The van der Waals surface area contributed by atoms with Crippen LogP contribution in [0, 0.1) is 0 Å². The summed E-state index contributed by atoms with van der Waals surface area (Å²) in [6.07, 6.45) is 1.66. The Morgan fingerprint density at radius 3 is 2.53 bits per heavy atom. The number of para-hydroxylation sites is 1. The van der Waals surface area contributed by atoms with E-state index < -0.39 is 0 Å². The van der Waals surface area contributed by atoms with E-state index in [2.05, 4.69) is 5.32 Å². The van der Waals surface area contributed by atoms with E-state index >= 15 is 0 Å². The number of benzene rings is 1. The van der Waals surface area contributed by atoms with Gasteiger partial charge in [0.1, 0.15) is 5.76 Å². The van der Waals surface area contributed by atoms with Gasteiger partial charge < -0.3 is 15.5 Å². The Kier molecular flexibility index (Phi) is 3.05. The van der Waals surface area contributed by atoms with Crippen LogP contribution >= 0.6 is 0 Å². The largest absolute Gasteiger partial charge is 0.467 e. The van der Waals surface area contributed by atoms with Crippen LogP contribution in [-0.2, 0) is 0 Å². The van der Waals surface area contributed by atoms with E-state index in [1.54, 1.807) is 6.26 Å². The fourth-order valence-electron chi connectivity index (χ4n) is 1.47. The molecule has 0 saturated heterocycles. The second-order valence-electron chi connectivity index (χ2n) is 3.31. The van der Waals surface area contributed by atoms with Crippen molar-refractivity contribution in [3.63, 3.8) is 0 Å². The molecule has 1 heterocycles. The summed E-state index contributed by atoms with van der Waals surface area (Å²) in [5, 5.41) is 3.31. The molecule has 0 aliphatic rings. The van der Waals surface area contributed by atoms with Gasteiger partial charge in [0.25, 0.3) is 0 Å². The lowest BCUT2D eigenvalue weighted by molar-refractivity contribution is 0.482. The molecule has 78 valence electrons. The van der Waals surface area contributed by atoms with Crippen molar-refractivity contribution in [3.8, 4) is 0 Å². The van der Waals surface area contributed by atoms with E-state index in [-0.39, 0.29) is 6.04 Å². The molecule has 2 rings (SSSR count). The summed E-state index contributed by atoms with van der Waals surface area (Å²) in [6, 6.07) is 13.8. The van der Waals surface area contributed by atoms with Crippen LogP contribution in [0.15, 0.2) is 53.1 Å². The van der Waals surface area contributed by atoms with Crippen LogP contribution in [0.2, 0.25) is 0 Å². The first kappa shape index (κ1) is 9.80. The highest BCUT2D eigenvalue weighted by Crippen LogP contribution is 2.18. The highest BCUT2D eigenvalue weighted by molar-refractivity contribution is 5.44. The van der Waals surface area contributed by atoms with Crippen LogP contribution < -0.4 is 11.1 Å². The van der Waals surface area contributed by atoms with Gasteiger partial charge in [-0.2, -0.15) is 0 Å². The van der Waals surface area contributed by atoms with Gasteiger partial charge in [-0.15, -0.1) is 0 Å². The van der Waals surface area contributed by atoms with Crippen LogP contribution in [0.1, 0.15) is 11.8 Å². The number of nitrogens with one attached hydrogen (secondary N) is 1. The van der Waals surface area contributed by atoms with Gasteiger partial charge >= 0.3 is 0 Å². The molecule has 1 unspecified atom stereocenters. The molecule has 2 aromatic rings. The van der Waals surface area contributed by atoms with Gasteiger partial charge in [-0.3, -0.25) is 0 Å². The Hall–Kier alpha value is -1.74. The molecule has 0 spiro atoms. The van der Waals surface area contributed by atoms with Crippen molar-refractivity contribution >= 4 is 5.69 Å². The van der Waals surface area contributed by atoms with Crippen LogP contribution in [0.4, 0.5) is 5.69 Å². The average molecular weight is 202 g/mol. The summed E-state index contributed by atoms with van der Waals surface area (Å²) in [7, 11) is 0. The fourth-order valence-corrected chi connectivity index (χ4v) is 1.47. The van der Waals surface area contributed by atoms with Crippen molar-refractivity contribution in [1.82, 2.24) is 0 Å². The van der Waals surface area contributed by atoms with E-state index in [9.17, 15) is 0 Å². The first-order valence-electron chi connectivity index (χ1n) is 4.95. The molecule has 0 bridgehead atoms. The number of hydrogen-bond acceptors (Lipinski definition) is 3. The highest BCUT2D eigenvalue weighted by atomic mass is 16.3. The molecule has 0 amide bonds. The van der Waals surface area contributed by atoms with Crippen molar-refractivity contribution in [1.29, 1.82) is 0 Å². The normalized spacial score (nSPS) is 12.3. The molecule has 0 saturated carbocycles. The molecule has 15 heavy (non-hydrogen) atoms. The molecule has 3 N–H and O–H groups in total.